The highest BCUT2D eigenvalue weighted by atomic mass is 16.5. The summed E-state index contributed by atoms with van der Waals surface area (Å²) in [6.07, 6.45) is 5.84. The molecule has 4 amide bonds. The topological polar surface area (TPSA) is 212 Å². The molecule has 6 aromatic rings. The first kappa shape index (κ1) is 41.0. The van der Waals surface area contributed by atoms with Crippen molar-refractivity contribution in [3.63, 3.8) is 0 Å². The van der Waals surface area contributed by atoms with E-state index in [9.17, 15) is 14.4 Å². The van der Waals surface area contributed by atoms with Gasteiger partial charge < -0.3 is 30.4 Å². The number of rotatable bonds is 13. The van der Waals surface area contributed by atoms with Crippen LogP contribution in [0.3, 0.4) is 0 Å². The fourth-order valence-corrected chi connectivity index (χ4v) is 7.71. The molecule has 2 aliphatic heterocycles. The van der Waals surface area contributed by atoms with Gasteiger partial charge in [0.2, 0.25) is 5.91 Å². The standard InChI is InChI=1S/C44H51N13O4/c1-26-22-29(6-12-33(26)27(2)50-40(59)41-54-42(55-61-41)44(3,4)5)36-37-39(49-25-48-36)53-38(52-37)30-7-13-34(47-24-30)46-18-17-45-23-28-14-19-56(20-15-28)31-8-10-32(11-9-31)57-21-16-35(58)51-43(57)60/h6-13,22,24-25,27-28,45H,14-21,23H2,1-5H3,(H,46,47)(H,50,59)(H,51,58,60)(H,48,49,52,53)/t27-/m1/s1. The van der Waals surface area contributed by atoms with Crippen molar-refractivity contribution in [2.75, 3.05) is 54.4 Å². The van der Waals surface area contributed by atoms with Crippen LogP contribution in [0.5, 0.6) is 0 Å². The van der Waals surface area contributed by atoms with Crippen molar-refractivity contribution < 1.29 is 18.9 Å². The van der Waals surface area contributed by atoms with Crippen LogP contribution in [0.4, 0.5) is 22.0 Å². The lowest BCUT2D eigenvalue weighted by Crippen LogP contribution is -2.49. The molecule has 4 aromatic heterocycles. The van der Waals surface area contributed by atoms with E-state index in [1.54, 1.807) is 11.1 Å². The Kier molecular flexibility index (Phi) is 11.7. The van der Waals surface area contributed by atoms with Crippen LogP contribution in [0.1, 0.15) is 80.6 Å². The summed E-state index contributed by atoms with van der Waals surface area (Å²) in [6, 6.07) is 17.3. The second kappa shape index (κ2) is 17.5. The summed E-state index contributed by atoms with van der Waals surface area (Å²) in [5.41, 5.74) is 7.21. The number of hydrogen-bond donors (Lipinski definition) is 5. The number of carbonyl (C=O) groups is 3. The van der Waals surface area contributed by atoms with Crippen LogP contribution in [0, 0.1) is 12.8 Å². The second-order valence-electron chi connectivity index (χ2n) is 16.7. The predicted octanol–water partition coefficient (Wildman–Crippen LogP) is 5.93. The van der Waals surface area contributed by atoms with Crippen molar-refractivity contribution in [3.05, 3.63) is 90.0 Å². The summed E-state index contributed by atoms with van der Waals surface area (Å²) < 4.78 is 5.23. The molecule has 8 rings (SSSR count). The smallest absolute Gasteiger partial charge is 0.328 e. The third-order valence-corrected chi connectivity index (χ3v) is 11.2. The summed E-state index contributed by atoms with van der Waals surface area (Å²) in [5, 5.41) is 16.3. The zero-order valence-electron chi connectivity index (χ0n) is 35.1. The number of amides is 4. The van der Waals surface area contributed by atoms with Gasteiger partial charge in [0, 0.05) is 73.3 Å². The molecule has 0 radical (unpaired) electrons. The lowest BCUT2D eigenvalue weighted by atomic mass is 9.96. The average molecular weight is 826 g/mol. The van der Waals surface area contributed by atoms with E-state index in [2.05, 4.69) is 68.4 Å². The van der Waals surface area contributed by atoms with E-state index in [0.717, 1.165) is 85.0 Å². The Hall–Kier alpha value is -6.75. The number of aromatic amines is 1. The number of anilines is 3. The van der Waals surface area contributed by atoms with Gasteiger partial charge in [0.25, 0.3) is 0 Å². The van der Waals surface area contributed by atoms with E-state index in [1.807, 2.05) is 77.1 Å². The van der Waals surface area contributed by atoms with Crippen molar-refractivity contribution in [1.29, 1.82) is 0 Å². The fraction of sp³-hybridized carbons (Fsp3) is 0.386. The zero-order valence-corrected chi connectivity index (χ0v) is 35.1. The minimum absolute atomic E-state index is 0.0621. The van der Waals surface area contributed by atoms with Crippen LogP contribution in [0.2, 0.25) is 0 Å². The lowest BCUT2D eigenvalue weighted by molar-refractivity contribution is -0.120. The number of piperidine rings is 1. The lowest BCUT2D eigenvalue weighted by Gasteiger charge is -2.34. The molecule has 5 N–H and O–H groups in total. The molecule has 0 aliphatic carbocycles. The van der Waals surface area contributed by atoms with E-state index in [-0.39, 0.29) is 29.3 Å². The Morgan fingerprint density at radius 3 is 2.41 bits per heavy atom. The molecule has 61 heavy (non-hydrogen) atoms. The second-order valence-corrected chi connectivity index (χ2v) is 16.7. The summed E-state index contributed by atoms with van der Waals surface area (Å²) in [7, 11) is 0. The van der Waals surface area contributed by atoms with Gasteiger partial charge >= 0.3 is 17.8 Å². The third kappa shape index (κ3) is 9.36. The van der Waals surface area contributed by atoms with Gasteiger partial charge in [-0.05, 0) is 92.7 Å². The summed E-state index contributed by atoms with van der Waals surface area (Å²) in [5.74, 6) is 1.79. The van der Waals surface area contributed by atoms with Crippen molar-refractivity contribution >= 4 is 46.2 Å². The SMILES string of the molecule is Cc1cc(-c2ncnc3[nH]c(-c4ccc(NCCNCC5CCN(c6ccc(N7CCC(=O)NC7=O)cc6)CC5)nc4)nc23)ccc1[C@@H](C)NC(=O)c1nc(C(C)(C)C)no1. The number of pyridine rings is 1. The van der Waals surface area contributed by atoms with Crippen LogP contribution in [0.25, 0.3) is 33.8 Å². The van der Waals surface area contributed by atoms with E-state index in [0.29, 0.717) is 47.4 Å². The zero-order chi connectivity index (χ0) is 42.7. The maximum atomic E-state index is 12.9. The van der Waals surface area contributed by atoms with Crippen LogP contribution >= 0.6 is 0 Å². The first-order chi connectivity index (χ1) is 29.4. The van der Waals surface area contributed by atoms with Crippen molar-refractivity contribution in [2.24, 2.45) is 5.92 Å². The number of benzene rings is 2. The Morgan fingerprint density at radius 2 is 1.70 bits per heavy atom. The van der Waals surface area contributed by atoms with Gasteiger partial charge in [-0.15, -0.1) is 0 Å². The number of fused-ring (bicyclic) bond motifs is 1. The van der Waals surface area contributed by atoms with Crippen LogP contribution in [-0.2, 0) is 10.2 Å². The van der Waals surface area contributed by atoms with E-state index in [4.69, 9.17) is 9.51 Å². The number of hydrogen-bond acceptors (Lipinski definition) is 13. The van der Waals surface area contributed by atoms with E-state index >= 15 is 0 Å². The van der Waals surface area contributed by atoms with Crippen LogP contribution < -0.4 is 31.1 Å². The minimum atomic E-state index is -0.425. The summed E-state index contributed by atoms with van der Waals surface area (Å²) >= 11 is 0. The quantitative estimate of drug-likeness (QED) is 0.0857. The maximum Gasteiger partial charge on any atom is 0.328 e. The monoisotopic (exact) mass is 825 g/mol. The molecule has 0 unspecified atom stereocenters. The Bertz CT molecular complexity index is 2520. The molecule has 316 valence electrons. The van der Waals surface area contributed by atoms with Gasteiger partial charge in [-0.3, -0.25) is 19.8 Å². The van der Waals surface area contributed by atoms with E-state index in [1.165, 1.54) is 6.33 Å². The molecule has 6 heterocycles. The van der Waals surface area contributed by atoms with Crippen molar-refractivity contribution in [3.8, 4) is 22.6 Å². The molecular formula is C44H51N13O4. The molecule has 2 aromatic carbocycles. The number of aromatic nitrogens is 7. The molecule has 0 bridgehead atoms. The summed E-state index contributed by atoms with van der Waals surface area (Å²) in [6.45, 7) is 14.7. The average Bonchev–Trinajstić information content (AvgIpc) is 3.94. The minimum Gasteiger partial charge on any atom is -0.372 e. The molecule has 17 nitrogen and oxygen atoms in total. The van der Waals surface area contributed by atoms with Gasteiger partial charge in [-0.25, -0.2) is 24.7 Å². The highest BCUT2D eigenvalue weighted by molar-refractivity contribution is 6.05. The first-order valence-electron chi connectivity index (χ1n) is 20.7. The molecule has 2 aliphatic rings. The number of aryl methyl sites for hydroxylation is 1. The number of carbonyl (C=O) groups excluding carboxylic acids is 3. The number of imide groups is 1. The third-order valence-electron chi connectivity index (χ3n) is 11.2. The number of nitrogens with zero attached hydrogens (tertiary/aromatic N) is 8. The normalized spacial score (nSPS) is 15.6. The van der Waals surface area contributed by atoms with Gasteiger partial charge in [0.1, 0.15) is 29.2 Å². The highest BCUT2D eigenvalue weighted by Crippen LogP contribution is 2.31. The largest absolute Gasteiger partial charge is 0.372 e. The van der Waals surface area contributed by atoms with Gasteiger partial charge in [-0.2, -0.15) is 4.98 Å². The first-order valence-corrected chi connectivity index (χ1v) is 20.7. The van der Waals surface area contributed by atoms with Gasteiger partial charge in [0.05, 0.1) is 6.04 Å². The van der Waals surface area contributed by atoms with Crippen LogP contribution in [-0.4, -0.2) is 92.2 Å². The Morgan fingerprint density at radius 1 is 0.934 bits per heavy atom. The fourth-order valence-electron chi connectivity index (χ4n) is 7.71. The van der Waals surface area contributed by atoms with E-state index < -0.39 is 5.91 Å². The molecule has 0 spiro atoms. The number of nitrogens with one attached hydrogen (secondary N) is 5. The molecule has 1 atom stereocenters. The molecule has 0 saturated carbocycles. The Balaban J connectivity index is 0.796. The van der Waals surface area contributed by atoms with Gasteiger partial charge in [0.15, 0.2) is 11.5 Å². The molecule has 2 fully saturated rings. The number of urea groups is 1. The predicted molar refractivity (Wildman–Crippen MR) is 232 cm³/mol. The maximum absolute atomic E-state index is 12.9. The highest BCUT2D eigenvalue weighted by Gasteiger charge is 2.27. The molecule has 2 saturated heterocycles. The van der Waals surface area contributed by atoms with Crippen molar-refractivity contribution in [1.82, 2.24) is 51.0 Å². The van der Waals surface area contributed by atoms with Gasteiger partial charge in [-0.1, -0.05) is 38.1 Å². The van der Waals surface area contributed by atoms with Crippen LogP contribution in [0.15, 0.2) is 71.6 Å². The number of imidazole rings is 1. The number of H-pyrrole nitrogens is 1. The molecule has 17 heteroatoms. The molecular weight excluding hydrogens is 775 g/mol. The van der Waals surface area contributed by atoms with Crippen molar-refractivity contribution in [2.45, 2.75) is 65.3 Å². The summed E-state index contributed by atoms with van der Waals surface area (Å²) in [4.78, 5) is 66.7. The Labute approximate surface area is 353 Å².